The van der Waals surface area contributed by atoms with Crippen molar-refractivity contribution in [1.29, 1.82) is 0 Å². The first-order chi connectivity index (χ1) is 10.6. The maximum absolute atomic E-state index is 13.2. The summed E-state index contributed by atoms with van der Waals surface area (Å²) in [6.45, 7) is 4.95. The monoisotopic (exact) mass is 343 g/mol. The van der Waals surface area contributed by atoms with Gasteiger partial charge in [0.05, 0.1) is 31.3 Å². The molecule has 1 aliphatic rings. The van der Waals surface area contributed by atoms with Gasteiger partial charge >= 0.3 is 0 Å². The lowest BCUT2D eigenvalue weighted by molar-refractivity contribution is -0.906. The summed E-state index contributed by atoms with van der Waals surface area (Å²) >= 11 is 7.46. The minimum Gasteiger partial charge on any atom is -0.370 e. The number of ether oxygens (including phenoxy) is 1. The molecule has 2 heterocycles. The molecule has 0 bridgehead atoms. The van der Waals surface area contributed by atoms with Gasteiger partial charge in [0.25, 0.3) is 5.91 Å². The average Bonchev–Trinajstić information content (AvgIpc) is 2.84. The molecule has 0 atom stereocenters. The predicted molar refractivity (Wildman–Crippen MR) is 85.5 cm³/mol. The SMILES string of the molecule is O=C(NCC[NH+]1CCOCC1)c1sc2cc(F)ccc2c1Cl. The summed E-state index contributed by atoms with van der Waals surface area (Å²) in [4.78, 5) is 14.1. The van der Waals surface area contributed by atoms with Gasteiger partial charge in [0.1, 0.15) is 23.8 Å². The van der Waals surface area contributed by atoms with E-state index in [1.54, 1.807) is 6.07 Å². The molecule has 1 amide bonds. The van der Waals surface area contributed by atoms with Gasteiger partial charge in [0.15, 0.2) is 0 Å². The molecule has 3 rings (SSSR count). The first kappa shape index (κ1) is 15.7. The van der Waals surface area contributed by atoms with Gasteiger partial charge in [-0.3, -0.25) is 4.79 Å². The molecule has 4 nitrogen and oxygen atoms in total. The fourth-order valence-corrected chi connectivity index (χ4v) is 3.99. The van der Waals surface area contributed by atoms with Crippen LogP contribution in [0.15, 0.2) is 18.2 Å². The highest BCUT2D eigenvalue weighted by atomic mass is 35.5. The molecule has 0 spiro atoms. The zero-order valence-corrected chi connectivity index (χ0v) is 13.5. The third-order valence-corrected chi connectivity index (χ3v) is 5.42. The Kier molecular flexibility index (Phi) is 4.93. The molecule has 7 heteroatoms. The second kappa shape index (κ2) is 6.91. The van der Waals surface area contributed by atoms with Gasteiger partial charge in [-0.1, -0.05) is 11.6 Å². The second-order valence-electron chi connectivity index (χ2n) is 5.25. The zero-order valence-electron chi connectivity index (χ0n) is 12.0. The molecule has 1 fully saturated rings. The number of amides is 1. The molecule has 118 valence electrons. The van der Waals surface area contributed by atoms with Gasteiger partial charge in [-0.25, -0.2) is 4.39 Å². The number of morpholine rings is 1. The molecule has 1 aromatic heterocycles. The molecule has 2 N–H and O–H groups in total. The first-order valence-corrected chi connectivity index (χ1v) is 8.41. The van der Waals surface area contributed by atoms with Gasteiger partial charge < -0.3 is 15.0 Å². The van der Waals surface area contributed by atoms with E-state index in [1.807, 2.05) is 0 Å². The number of nitrogens with one attached hydrogen (secondary N) is 2. The molecule has 0 saturated carbocycles. The van der Waals surface area contributed by atoms with Gasteiger partial charge in [0.2, 0.25) is 0 Å². The molecule has 1 saturated heterocycles. The van der Waals surface area contributed by atoms with Crippen molar-refractivity contribution >= 4 is 38.9 Å². The van der Waals surface area contributed by atoms with Crippen molar-refractivity contribution in [3.8, 4) is 0 Å². The molecule has 1 aliphatic heterocycles. The lowest BCUT2D eigenvalue weighted by Gasteiger charge is -2.23. The number of carbonyl (C=O) groups is 1. The van der Waals surface area contributed by atoms with E-state index in [1.165, 1.54) is 28.4 Å². The van der Waals surface area contributed by atoms with Crippen LogP contribution in [0.2, 0.25) is 5.02 Å². The lowest BCUT2D eigenvalue weighted by Crippen LogP contribution is -3.14. The molecule has 0 unspecified atom stereocenters. The van der Waals surface area contributed by atoms with Crippen LogP contribution in [0, 0.1) is 5.82 Å². The summed E-state index contributed by atoms with van der Waals surface area (Å²) in [5.41, 5.74) is 0. The number of quaternary nitrogens is 1. The minimum absolute atomic E-state index is 0.195. The van der Waals surface area contributed by atoms with E-state index in [0.29, 0.717) is 21.1 Å². The molecule has 2 aromatic rings. The lowest BCUT2D eigenvalue weighted by atomic mass is 10.2. The van der Waals surface area contributed by atoms with Gasteiger partial charge in [-0.2, -0.15) is 0 Å². The Morgan fingerprint density at radius 2 is 2.18 bits per heavy atom. The van der Waals surface area contributed by atoms with Crippen LogP contribution in [0.5, 0.6) is 0 Å². The highest BCUT2D eigenvalue weighted by Gasteiger charge is 2.18. The fraction of sp³-hybridized carbons (Fsp3) is 0.400. The third kappa shape index (κ3) is 3.41. The van der Waals surface area contributed by atoms with E-state index in [4.69, 9.17) is 16.3 Å². The molecule has 0 aliphatic carbocycles. The maximum Gasteiger partial charge on any atom is 0.263 e. The summed E-state index contributed by atoms with van der Waals surface area (Å²) in [5, 5.41) is 4.01. The number of hydrogen-bond donors (Lipinski definition) is 2. The van der Waals surface area contributed by atoms with Crippen molar-refractivity contribution in [2.24, 2.45) is 0 Å². The van der Waals surface area contributed by atoms with Gasteiger partial charge in [-0.15, -0.1) is 11.3 Å². The van der Waals surface area contributed by atoms with E-state index in [9.17, 15) is 9.18 Å². The van der Waals surface area contributed by atoms with Crippen LogP contribution in [0.1, 0.15) is 9.67 Å². The molecule has 0 radical (unpaired) electrons. The summed E-state index contributed by atoms with van der Waals surface area (Å²) in [7, 11) is 0. The predicted octanol–water partition coefficient (Wildman–Crippen LogP) is 1.34. The number of fused-ring (bicyclic) bond motifs is 1. The summed E-state index contributed by atoms with van der Waals surface area (Å²) in [5.74, 6) is -0.521. The van der Waals surface area contributed by atoms with Crippen molar-refractivity contribution < 1.29 is 18.8 Å². The number of hydrogen-bond acceptors (Lipinski definition) is 3. The highest BCUT2D eigenvalue weighted by Crippen LogP contribution is 2.35. The fourth-order valence-electron chi connectivity index (χ4n) is 2.53. The Bertz CT molecular complexity index is 685. The number of carbonyl (C=O) groups excluding carboxylic acids is 1. The van der Waals surface area contributed by atoms with Crippen molar-refractivity contribution in [2.45, 2.75) is 0 Å². The molecular weight excluding hydrogens is 327 g/mol. The van der Waals surface area contributed by atoms with E-state index >= 15 is 0 Å². The van der Waals surface area contributed by atoms with E-state index < -0.39 is 0 Å². The summed E-state index contributed by atoms with van der Waals surface area (Å²) in [6, 6.07) is 4.36. The van der Waals surface area contributed by atoms with Crippen LogP contribution in [0.4, 0.5) is 4.39 Å². The number of rotatable bonds is 4. The van der Waals surface area contributed by atoms with Gasteiger partial charge in [0, 0.05) is 10.1 Å². The van der Waals surface area contributed by atoms with Crippen LogP contribution in [0.3, 0.4) is 0 Å². The molecule has 22 heavy (non-hydrogen) atoms. The van der Waals surface area contributed by atoms with E-state index in [0.717, 1.165) is 38.2 Å². The minimum atomic E-state index is -0.326. The largest absolute Gasteiger partial charge is 0.370 e. The topological polar surface area (TPSA) is 42.8 Å². The van der Waals surface area contributed by atoms with Gasteiger partial charge in [-0.05, 0) is 18.2 Å². The van der Waals surface area contributed by atoms with Crippen LogP contribution in [-0.2, 0) is 4.74 Å². The Morgan fingerprint density at radius 3 is 2.95 bits per heavy atom. The number of benzene rings is 1. The van der Waals surface area contributed by atoms with Crippen molar-refractivity contribution in [3.05, 3.63) is 33.9 Å². The van der Waals surface area contributed by atoms with Crippen LogP contribution < -0.4 is 10.2 Å². The third-order valence-electron chi connectivity index (χ3n) is 3.76. The Balaban J connectivity index is 1.63. The zero-order chi connectivity index (χ0) is 15.5. The quantitative estimate of drug-likeness (QED) is 0.880. The van der Waals surface area contributed by atoms with Crippen LogP contribution in [0.25, 0.3) is 10.1 Å². The van der Waals surface area contributed by atoms with E-state index in [-0.39, 0.29) is 11.7 Å². The number of thiophene rings is 1. The summed E-state index contributed by atoms with van der Waals surface area (Å²) < 4.78 is 19.2. The van der Waals surface area contributed by atoms with Crippen molar-refractivity contribution in [3.63, 3.8) is 0 Å². The van der Waals surface area contributed by atoms with Crippen molar-refractivity contribution in [2.75, 3.05) is 39.4 Å². The normalized spacial score (nSPS) is 16.1. The maximum atomic E-state index is 13.2. The van der Waals surface area contributed by atoms with Crippen LogP contribution >= 0.6 is 22.9 Å². The average molecular weight is 344 g/mol. The van der Waals surface area contributed by atoms with E-state index in [2.05, 4.69) is 5.32 Å². The molecule has 1 aromatic carbocycles. The first-order valence-electron chi connectivity index (χ1n) is 7.22. The van der Waals surface area contributed by atoms with Crippen LogP contribution in [-0.4, -0.2) is 45.3 Å². The Labute approximate surface area is 136 Å². The Morgan fingerprint density at radius 1 is 1.41 bits per heavy atom. The summed E-state index contributed by atoms with van der Waals surface area (Å²) in [6.07, 6.45) is 0. The number of halogens is 2. The Hall–Kier alpha value is -1.21. The standard InChI is InChI=1S/C15H16ClFN2O2S/c16-13-11-2-1-10(17)9-12(11)22-14(13)15(20)18-3-4-19-5-7-21-8-6-19/h1-2,9H,3-8H2,(H,18,20)/p+1. The van der Waals surface area contributed by atoms with Crippen molar-refractivity contribution in [1.82, 2.24) is 5.32 Å². The highest BCUT2D eigenvalue weighted by molar-refractivity contribution is 7.21. The smallest absolute Gasteiger partial charge is 0.263 e. The second-order valence-corrected chi connectivity index (χ2v) is 6.68. The molecular formula is C15H17ClFN2O2S+.